The van der Waals surface area contributed by atoms with Gasteiger partial charge < -0.3 is 4.90 Å². The van der Waals surface area contributed by atoms with Crippen molar-refractivity contribution in [1.29, 1.82) is 0 Å². The van der Waals surface area contributed by atoms with Crippen LogP contribution in [0.5, 0.6) is 0 Å². The predicted molar refractivity (Wildman–Crippen MR) is 45.8 cm³/mol. The molecule has 0 aromatic rings. The van der Waals surface area contributed by atoms with Crippen molar-refractivity contribution < 1.29 is 20.8 Å². The summed E-state index contributed by atoms with van der Waals surface area (Å²) in [5.41, 5.74) is 0. The second-order valence-electron chi connectivity index (χ2n) is 2.46. The average Bonchev–Trinajstić information content (AvgIpc) is 2.40. The minimum absolute atomic E-state index is 1.08. The number of allylic oxidation sites excluding steroid dienone is 4. The molecule has 3 heteroatoms. The molecule has 0 unspecified atom stereocenters. The van der Waals surface area contributed by atoms with E-state index >= 15 is 0 Å². The Kier molecular flexibility index (Phi) is 6.50. The fraction of sp³-hybridized carbons (Fsp3) is 0.333. The van der Waals surface area contributed by atoms with Gasteiger partial charge in [0.15, 0.2) is 0 Å². The quantitative estimate of drug-likeness (QED) is 0.474. The zero-order valence-corrected chi connectivity index (χ0v) is 8.43. The predicted octanol–water partition coefficient (Wildman–Crippen LogP) is 1.27. The van der Waals surface area contributed by atoms with Crippen molar-refractivity contribution in [3.63, 3.8) is 0 Å². The molecule has 0 saturated carbocycles. The summed E-state index contributed by atoms with van der Waals surface area (Å²) >= 11 is 3.34. The van der Waals surface area contributed by atoms with E-state index in [0.29, 0.717) is 0 Å². The van der Waals surface area contributed by atoms with E-state index in [1.165, 1.54) is 10.7 Å². The third kappa shape index (κ3) is 7.36. The van der Waals surface area contributed by atoms with Gasteiger partial charge in [0, 0.05) is 14.1 Å². The molecule has 0 aromatic heterocycles. The standard InChI is InChI=1S/C5H5.C4H7NO.Mn/c1-2-4-5-3-1;1-5(2)3-4-6;/h1-3H,4H2;3H,1-2H3;. The monoisotopic (exact) mass is 205 g/mol. The molecule has 0 spiro atoms. The van der Waals surface area contributed by atoms with Crippen LogP contribution >= 0.6 is 0 Å². The second kappa shape index (κ2) is 6.93. The van der Waals surface area contributed by atoms with Crippen molar-refractivity contribution in [1.82, 2.24) is 4.90 Å². The van der Waals surface area contributed by atoms with E-state index in [-0.39, 0.29) is 0 Å². The fourth-order valence-corrected chi connectivity index (χ4v) is 0.779. The van der Waals surface area contributed by atoms with E-state index in [1.807, 2.05) is 6.08 Å². The number of hydrogen-bond acceptors (Lipinski definition) is 2. The molecule has 0 amide bonds. The van der Waals surface area contributed by atoms with Gasteiger partial charge in [0.2, 0.25) is 0 Å². The molecule has 66 valence electrons. The molecule has 0 bridgehead atoms. The van der Waals surface area contributed by atoms with Gasteiger partial charge >= 0.3 is 45.1 Å². The summed E-state index contributed by atoms with van der Waals surface area (Å²) < 4.78 is 1.28. The van der Waals surface area contributed by atoms with Crippen molar-refractivity contribution in [2.24, 2.45) is 0 Å². The van der Waals surface area contributed by atoms with Crippen LogP contribution in [0.4, 0.5) is 0 Å². The van der Waals surface area contributed by atoms with Gasteiger partial charge in [-0.25, -0.2) is 4.79 Å². The molecule has 1 aliphatic carbocycles. The van der Waals surface area contributed by atoms with Crippen LogP contribution in [-0.4, -0.2) is 24.9 Å². The van der Waals surface area contributed by atoms with Crippen LogP contribution in [0.1, 0.15) is 6.42 Å². The number of carbonyl (C=O) groups excluding carboxylic acids is 1. The Morgan fingerprint density at radius 1 is 1.67 bits per heavy atom. The molecule has 0 saturated heterocycles. The Hall–Kier alpha value is -0.751. The first kappa shape index (κ1) is 11.2. The third-order valence-corrected chi connectivity index (χ3v) is 1.47. The van der Waals surface area contributed by atoms with E-state index in [4.69, 9.17) is 0 Å². The van der Waals surface area contributed by atoms with E-state index in [1.54, 1.807) is 24.9 Å². The van der Waals surface area contributed by atoms with Crippen LogP contribution in [-0.2, 0) is 20.8 Å². The Bertz CT molecular complexity index is 225. The number of nitrogens with zero attached hydrogens (tertiary/aromatic N) is 1. The van der Waals surface area contributed by atoms with Crippen LogP contribution in [0.2, 0.25) is 0 Å². The molecule has 0 aromatic carbocycles. The summed E-state index contributed by atoms with van der Waals surface area (Å²) in [5, 5.41) is 0. The molecular formula is C9H12MnNO. The normalized spacial score (nSPS) is 12.4. The van der Waals surface area contributed by atoms with Crippen LogP contribution in [0.3, 0.4) is 0 Å². The summed E-state index contributed by atoms with van der Waals surface area (Å²) in [6.07, 6.45) is 8.62. The summed E-state index contributed by atoms with van der Waals surface area (Å²) in [6, 6.07) is 0. The van der Waals surface area contributed by atoms with Crippen LogP contribution < -0.4 is 0 Å². The van der Waals surface area contributed by atoms with Gasteiger partial charge in [-0.3, -0.25) is 0 Å². The van der Waals surface area contributed by atoms with E-state index in [9.17, 15) is 4.79 Å². The molecule has 1 rings (SSSR count). The summed E-state index contributed by atoms with van der Waals surface area (Å²) in [4.78, 5) is 11.0. The Labute approximate surface area is 81.4 Å². The first-order chi connectivity index (χ1) is 5.66. The molecule has 0 atom stereocenters. The Morgan fingerprint density at radius 3 is 2.42 bits per heavy atom. The zero-order chi connectivity index (χ0) is 9.40. The molecule has 0 heterocycles. The van der Waals surface area contributed by atoms with Crippen LogP contribution in [0.15, 0.2) is 28.9 Å². The van der Waals surface area contributed by atoms with Gasteiger partial charge in [-0.1, -0.05) is 0 Å². The van der Waals surface area contributed by atoms with Gasteiger partial charge in [-0.15, -0.1) is 0 Å². The van der Waals surface area contributed by atoms with Crippen LogP contribution in [0.25, 0.3) is 0 Å². The van der Waals surface area contributed by atoms with Gasteiger partial charge in [0.05, 0.1) is 6.20 Å². The van der Waals surface area contributed by atoms with Crippen molar-refractivity contribution in [2.75, 3.05) is 14.1 Å². The average molecular weight is 205 g/mol. The van der Waals surface area contributed by atoms with Crippen molar-refractivity contribution >= 4 is 5.94 Å². The van der Waals surface area contributed by atoms with Gasteiger partial charge in [0.25, 0.3) is 0 Å². The maximum atomic E-state index is 9.39. The number of rotatable bonds is 1. The molecule has 1 aliphatic rings. The molecule has 0 aliphatic heterocycles. The summed E-state index contributed by atoms with van der Waals surface area (Å²) in [5.74, 6) is 1.62. The van der Waals surface area contributed by atoms with E-state index in [0.717, 1.165) is 6.42 Å². The Morgan fingerprint density at radius 2 is 2.33 bits per heavy atom. The van der Waals surface area contributed by atoms with Crippen molar-refractivity contribution in [3.05, 3.63) is 28.9 Å². The van der Waals surface area contributed by atoms with Gasteiger partial charge in [0.1, 0.15) is 5.94 Å². The molecule has 12 heavy (non-hydrogen) atoms. The molecule has 0 fully saturated rings. The third-order valence-electron chi connectivity index (χ3n) is 1.04. The molecule has 0 N–H and O–H groups in total. The van der Waals surface area contributed by atoms with E-state index < -0.39 is 0 Å². The minimum atomic E-state index is 1.08. The van der Waals surface area contributed by atoms with Gasteiger partial charge in [-0.2, -0.15) is 0 Å². The van der Waals surface area contributed by atoms with Gasteiger partial charge in [-0.05, 0) is 0 Å². The second-order valence-corrected chi connectivity index (χ2v) is 3.21. The first-order valence-corrected chi connectivity index (χ1v) is 4.14. The summed E-state index contributed by atoms with van der Waals surface area (Å²) in [6.45, 7) is 0. The van der Waals surface area contributed by atoms with Crippen LogP contribution in [0, 0.1) is 0 Å². The summed E-state index contributed by atoms with van der Waals surface area (Å²) in [7, 11) is 3.54. The molecular weight excluding hydrogens is 193 g/mol. The van der Waals surface area contributed by atoms with Crippen molar-refractivity contribution in [2.45, 2.75) is 6.42 Å². The Balaban J connectivity index is 0.000000202. The van der Waals surface area contributed by atoms with Crippen molar-refractivity contribution in [3.8, 4) is 0 Å². The number of hydrogen-bond donors (Lipinski definition) is 0. The fourth-order valence-electron chi connectivity index (χ4n) is 0.527. The first-order valence-electron chi connectivity index (χ1n) is 3.55. The zero-order valence-electron chi connectivity index (χ0n) is 7.25. The maximum absolute atomic E-state index is 9.39. The molecule has 0 radical (unpaired) electrons. The molecule has 2 nitrogen and oxygen atoms in total. The van der Waals surface area contributed by atoms with E-state index in [2.05, 4.69) is 28.2 Å². The topological polar surface area (TPSA) is 20.3 Å². The SMILES string of the molecule is CN(C)C=C=O.[Mn][C]1=CC=CC1.